The van der Waals surface area contributed by atoms with Gasteiger partial charge in [0.1, 0.15) is 23.3 Å². The molecule has 8 heteroatoms. The first-order valence-corrected chi connectivity index (χ1v) is 9.90. The largest absolute Gasteiger partial charge is 0.365 e. The van der Waals surface area contributed by atoms with Crippen LogP contribution in [0.5, 0.6) is 0 Å². The van der Waals surface area contributed by atoms with Crippen molar-refractivity contribution in [2.24, 2.45) is 5.73 Å². The van der Waals surface area contributed by atoms with Crippen molar-refractivity contribution in [3.8, 4) is 16.9 Å². The summed E-state index contributed by atoms with van der Waals surface area (Å²) in [6, 6.07) is 13.8. The number of hydrogen-bond acceptors (Lipinski definition) is 4. The van der Waals surface area contributed by atoms with Gasteiger partial charge in [0.15, 0.2) is 0 Å². The van der Waals surface area contributed by atoms with Crippen LogP contribution >= 0.6 is 0 Å². The molecule has 3 N–H and O–H groups in total. The predicted molar refractivity (Wildman–Crippen MR) is 119 cm³/mol. The Morgan fingerprint density at radius 3 is 2.31 bits per heavy atom. The van der Waals surface area contributed by atoms with E-state index < -0.39 is 11.7 Å². The number of halogens is 2. The van der Waals surface area contributed by atoms with E-state index in [4.69, 9.17) is 5.73 Å². The van der Waals surface area contributed by atoms with E-state index >= 15 is 0 Å². The molecular formula is C24H21F2N5O. The molecule has 162 valence electrons. The van der Waals surface area contributed by atoms with Crippen molar-refractivity contribution in [1.29, 1.82) is 0 Å². The smallest absolute Gasteiger partial charge is 0.252 e. The van der Waals surface area contributed by atoms with E-state index in [1.54, 1.807) is 44.2 Å². The van der Waals surface area contributed by atoms with E-state index in [0.717, 1.165) is 5.56 Å². The van der Waals surface area contributed by atoms with Gasteiger partial charge in [0.05, 0.1) is 16.9 Å². The van der Waals surface area contributed by atoms with E-state index in [1.165, 1.54) is 28.9 Å². The molecule has 0 unspecified atom stereocenters. The van der Waals surface area contributed by atoms with Gasteiger partial charge >= 0.3 is 0 Å². The van der Waals surface area contributed by atoms with Gasteiger partial charge < -0.3 is 11.1 Å². The Hall–Kier alpha value is -4.07. The number of carbonyl (C=O) groups excluding carboxylic acids is 1. The predicted octanol–water partition coefficient (Wildman–Crippen LogP) is 4.98. The third kappa shape index (κ3) is 4.07. The number of benzene rings is 2. The molecule has 0 spiro atoms. The van der Waals surface area contributed by atoms with Gasteiger partial charge in [-0.15, -0.1) is 0 Å². The van der Waals surface area contributed by atoms with Gasteiger partial charge in [-0.3, -0.25) is 4.79 Å². The van der Waals surface area contributed by atoms with Crippen LogP contribution in [0.1, 0.15) is 27.2 Å². The number of nitrogens with two attached hydrogens (primary N) is 1. The van der Waals surface area contributed by atoms with Crippen molar-refractivity contribution in [2.75, 3.05) is 5.32 Å². The molecule has 2 aromatic carbocycles. The maximum Gasteiger partial charge on any atom is 0.252 e. The second-order valence-electron chi connectivity index (χ2n) is 7.56. The molecule has 0 bridgehead atoms. The van der Waals surface area contributed by atoms with Crippen molar-refractivity contribution in [1.82, 2.24) is 14.8 Å². The number of anilines is 2. The van der Waals surface area contributed by atoms with Crippen LogP contribution in [0.3, 0.4) is 0 Å². The molecule has 0 radical (unpaired) electrons. The van der Waals surface area contributed by atoms with Gasteiger partial charge in [0.25, 0.3) is 5.91 Å². The molecule has 0 aliphatic carbocycles. The van der Waals surface area contributed by atoms with Crippen LogP contribution in [0, 0.1) is 32.4 Å². The zero-order valence-corrected chi connectivity index (χ0v) is 17.8. The molecule has 4 aromatic rings. The lowest BCUT2D eigenvalue weighted by Gasteiger charge is -2.15. The molecule has 32 heavy (non-hydrogen) atoms. The van der Waals surface area contributed by atoms with E-state index in [9.17, 15) is 13.6 Å². The summed E-state index contributed by atoms with van der Waals surface area (Å²) >= 11 is 0. The van der Waals surface area contributed by atoms with Crippen LogP contribution in [0.25, 0.3) is 16.9 Å². The number of primary amides is 1. The van der Waals surface area contributed by atoms with Crippen LogP contribution in [-0.2, 0) is 0 Å². The Morgan fingerprint density at radius 1 is 0.938 bits per heavy atom. The maximum atomic E-state index is 14.1. The molecule has 1 amide bonds. The standard InChI is InChI=1S/C24H21F2N5O/c1-13-4-7-18(26)11-20(13)31-21(12-19(30-31)16-5-8-17(25)9-6-16)29-24-22(23(27)32)14(2)10-15(3)28-24/h4-12H,1-3H3,(H2,27,32)(H,28,29). The Bertz CT molecular complexity index is 1330. The summed E-state index contributed by atoms with van der Waals surface area (Å²) in [5.41, 5.74) is 9.71. The molecule has 6 nitrogen and oxygen atoms in total. The Morgan fingerprint density at radius 2 is 1.62 bits per heavy atom. The summed E-state index contributed by atoms with van der Waals surface area (Å²) < 4.78 is 29.0. The number of pyridine rings is 1. The quantitative estimate of drug-likeness (QED) is 0.465. The minimum Gasteiger partial charge on any atom is -0.365 e. The molecule has 0 fully saturated rings. The number of amides is 1. The van der Waals surface area contributed by atoms with Gasteiger partial charge in [-0.1, -0.05) is 6.07 Å². The first-order valence-electron chi connectivity index (χ1n) is 9.90. The molecular weight excluding hydrogens is 412 g/mol. The monoisotopic (exact) mass is 433 g/mol. The number of hydrogen-bond donors (Lipinski definition) is 2. The van der Waals surface area contributed by atoms with Crippen molar-refractivity contribution in [3.63, 3.8) is 0 Å². The number of carbonyl (C=O) groups is 1. The lowest BCUT2D eigenvalue weighted by Crippen LogP contribution is -2.17. The molecule has 2 heterocycles. The second kappa shape index (κ2) is 8.22. The highest BCUT2D eigenvalue weighted by atomic mass is 19.1. The first kappa shape index (κ1) is 21.2. The number of aryl methyl sites for hydroxylation is 3. The fourth-order valence-electron chi connectivity index (χ4n) is 3.59. The summed E-state index contributed by atoms with van der Waals surface area (Å²) in [5, 5.41) is 7.76. The van der Waals surface area contributed by atoms with Crippen molar-refractivity contribution in [3.05, 3.63) is 88.6 Å². The minimum atomic E-state index is -0.621. The van der Waals surface area contributed by atoms with Gasteiger partial charge in [-0.05, 0) is 74.4 Å². The summed E-state index contributed by atoms with van der Waals surface area (Å²) in [6.07, 6.45) is 0. The number of nitrogens with one attached hydrogen (secondary N) is 1. The number of nitrogens with zero attached hydrogens (tertiary/aromatic N) is 3. The average molecular weight is 433 g/mol. The summed E-state index contributed by atoms with van der Waals surface area (Å²) in [6.45, 7) is 5.42. The third-order valence-electron chi connectivity index (χ3n) is 5.09. The Labute approximate surface area is 183 Å². The van der Waals surface area contributed by atoms with Crippen molar-refractivity contribution < 1.29 is 13.6 Å². The highest BCUT2D eigenvalue weighted by Gasteiger charge is 2.19. The van der Waals surface area contributed by atoms with Crippen LogP contribution in [0.2, 0.25) is 0 Å². The average Bonchev–Trinajstić information content (AvgIpc) is 3.13. The lowest BCUT2D eigenvalue weighted by atomic mass is 10.1. The first-order chi connectivity index (χ1) is 15.2. The van der Waals surface area contributed by atoms with Crippen molar-refractivity contribution >= 4 is 17.5 Å². The lowest BCUT2D eigenvalue weighted by molar-refractivity contribution is 0.1000. The zero-order valence-electron chi connectivity index (χ0n) is 17.8. The SMILES string of the molecule is Cc1cc(C)c(C(N)=O)c(Nc2cc(-c3ccc(F)cc3)nn2-c2cc(F)ccc2C)n1. The summed E-state index contributed by atoms with van der Waals surface area (Å²) in [4.78, 5) is 16.5. The Balaban J connectivity index is 1.90. The van der Waals surface area contributed by atoms with Crippen LogP contribution in [0.4, 0.5) is 20.4 Å². The highest BCUT2D eigenvalue weighted by Crippen LogP contribution is 2.30. The highest BCUT2D eigenvalue weighted by molar-refractivity contribution is 5.99. The van der Waals surface area contributed by atoms with E-state index in [0.29, 0.717) is 34.0 Å². The summed E-state index contributed by atoms with van der Waals surface area (Å²) in [7, 11) is 0. The molecule has 0 aliphatic heterocycles. The molecule has 0 saturated carbocycles. The maximum absolute atomic E-state index is 14.1. The third-order valence-corrected chi connectivity index (χ3v) is 5.09. The molecule has 0 saturated heterocycles. The van der Waals surface area contributed by atoms with Crippen LogP contribution in [0.15, 0.2) is 54.6 Å². The van der Waals surface area contributed by atoms with Gasteiger partial charge in [0, 0.05) is 17.3 Å². The zero-order chi connectivity index (χ0) is 23.0. The van der Waals surface area contributed by atoms with E-state index in [2.05, 4.69) is 15.4 Å². The van der Waals surface area contributed by atoms with E-state index in [-0.39, 0.29) is 17.2 Å². The number of rotatable bonds is 5. The summed E-state index contributed by atoms with van der Waals surface area (Å²) in [5.74, 6) is -0.686. The Kier molecular flexibility index (Phi) is 5.44. The molecule has 0 aliphatic rings. The molecule has 0 atom stereocenters. The van der Waals surface area contributed by atoms with Gasteiger partial charge in [0.2, 0.25) is 0 Å². The molecule has 2 aromatic heterocycles. The van der Waals surface area contributed by atoms with Crippen molar-refractivity contribution in [2.45, 2.75) is 20.8 Å². The van der Waals surface area contributed by atoms with Gasteiger partial charge in [-0.2, -0.15) is 5.10 Å². The van der Waals surface area contributed by atoms with E-state index in [1.807, 2.05) is 6.92 Å². The van der Waals surface area contributed by atoms with Crippen LogP contribution < -0.4 is 11.1 Å². The fourth-order valence-corrected chi connectivity index (χ4v) is 3.59. The van der Waals surface area contributed by atoms with Gasteiger partial charge in [-0.25, -0.2) is 18.4 Å². The fraction of sp³-hybridized carbons (Fsp3) is 0.125. The number of aromatic nitrogens is 3. The normalized spacial score (nSPS) is 10.9. The minimum absolute atomic E-state index is 0.252. The molecule has 4 rings (SSSR count). The second-order valence-corrected chi connectivity index (χ2v) is 7.56. The van der Waals surface area contributed by atoms with Crippen LogP contribution in [-0.4, -0.2) is 20.7 Å². The topological polar surface area (TPSA) is 85.8 Å².